The molecule has 0 heterocycles. The molecule has 0 radical (unpaired) electrons. The van der Waals surface area contributed by atoms with E-state index in [9.17, 15) is 0 Å². The Hall–Kier alpha value is -0.0800. The van der Waals surface area contributed by atoms with Gasteiger partial charge in [-0.2, -0.15) is 0 Å². The van der Waals surface area contributed by atoms with Crippen LogP contribution in [0.2, 0.25) is 0 Å². The predicted octanol–water partition coefficient (Wildman–Crippen LogP) is 1.68. The summed E-state index contributed by atoms with van der Waals surface area (Å²) >= 11 is 0. The highest BCUT2D eigenvalue weighted by Gasteiger charge is 2.47. The lowest BCUT2D eigenvalue weighted by Gasteiger charge is -2.52. The van der Waals surface area contributed by atoms with Gasteiger partial charge in [-0.3, -0.25) is 0 Å². The fraction of sp³-hybridized carbons (Fsp3) is 1.00. The van der Waals surface area contributed by atoms with Gasteiger partial charge < -0.3 is 10.5 Å². The second-order valence-corrected chi connectivity index (χ2v) is 4.59. The van der Waals surface area contributed by atoms with Crippen LogP contribution in [0.15, 0.2) is 0 Å². The molecule has 3 aliphatic carbocycles. The van der Waals surface area contributed by atoms with Gasteiger partial charge in [-0.25, -0.2) is 0 Å². The standard InChI is InChI=1S/C10H19NO/c1-12-10-5-2-9(8-11,3-6-10)4-7-10/h2-8,11H2,1H3. The quantitative estimate of drug-likeness (QED) is 0.682. The molecule has 0 aromatic heterocycles. The summed E-state index contributed by atoms with van der Waals surface area (Å²) in [4.78, 5) is 0. The number of ether oxygens (including phenoxy) is 1. The Kier molecular flexibility index (Phi) is 1.92. The zero-order valence-electron chi connectivity index (χ0n) is 7.94. The normalized spacial score (nSPS) is 46.5. The third-order valence-corrected chi connectivity index (χ3v) is 4.20. The first-order chi connectivity index (χ1) is 5.74. The van der Waals surface area contributed by atoms with Crippen LogP contribution in [0, 0.1) is 5.41 Å². The number of methoxy groups -OCH3 is 1. The van der Waals surface area contributed by atoms with Crippen molar-refractivity contribution in [1.29, 1.82) is 0 Å². The fourth-order valence-corrected chi connectivity index (χ4v) is 2.84. The molecule has 0 unspecified atom stereocenters. The Labute approximate surface area is 74.5 Å². The molecule has 0 saturated heterocycles. The molecule has 0 spiro atoms. The van der Waals surface area contributed by atoms with Gasteiger partial charge in [0.2, 0.25) is 0 Å². The van der Waals surface area contributed by atoms with Crippen molar-refractivity contribution in [2.45, 2.75) is 44.1 Å². The van der Waals surface area contributed by atoms with Gasteiger partial charge in [-0.05, 0) is 50.5 Å². The Bertz CT molecular complexity index is 134. The average Bonchev–Trinajstić information content (AvgIpc) is 2.21. The SMILES string of the molecule is COC12CCC(CN)(CC1)CC2. The summed E-state index contributed by atoms with van der Waals surface area (Å²) in [5.74, 6) is 0. The summed E-state index contributed by atoms with van der Waals surface area (Å²) < 4.78 is 5.61. The number of nitrogens with two attached hydrogens (primary N) is 1. The molecule has 0 atom stereocenters. The van der Waals surface area contributed by atoms with E-state index in [1.54, 1.807) is 0 Å². The van der Waals surface area contributed by atoms with Gasteiger partial charge in [-0.15, -0.1) is 0 Å². The smallest absolute Gasteiger partial charge is 0.0679 e. The molecule has 2 nitrogen and oxygen atoms in total. The van der Waals surface area contributed by atoms with Gasteiger partial charge in [0.1, 0.15) is 0 Å². The molecule has 3 fully saturated rings. The first-order valence-corrected chi connectivity index (χ1v) is 5.00. The molecule has 12 heavy (non-hydrogen) atoms. The average molecular weight is 169 g/mol. The highest BCUT2D eigenvalue weighted by Crippen LogP contribution is 2.52. The van der Waals surface area contributed by atoms with Gasteiger partial charge in [0.05, 0.1) is 5.60 Å². The fourth-order valence-electron chi connectivity index (χ4n) is 2.84. The van der Waals surface area contributed by atoms with E-state index in [2.05, 4.69) is 0 Å². The molecular formula is C10H19NO. The number of hydrogen-bond donors (Lipinski definition) is 1. The molecule has 0 aromatic rings. The summed E-state index contributed by atoms with van der Waals surface area (Å²) in [6.45, 7) is 0.882. The van der Waals surface area contributed by atoms with Gasteiger partial charge in [0.15, 0.2) is 0 Å². The minimum Gasteiger partial charge on any atom is -0.378 e. The predicted molar refractivity (Wildman–Crippen MR) is 48.9 cm³/mol. The molecular weight excluding hydrogens is 150 g/mol. The zero-order valence-corrected chi connectivity index (χ0v) is 7.94. The lowest BCUT2D eigenvalue weighted by atomic mass is 9.58. The second kappa shape index (κ2) is 2.71. The van der Waals surface area contributed by atoms with Crippen molar-refractivity contribution in [2.75, 3.05) is 13.7 Å². The Morgan fingerprint density at radius 3 is 1.92 bits per heavy atom. The minimum absolute atomic E-state index is 0.247. The molecule has 0 amide bonds. The zero-order chi connectivity index (χ0) is 8.66. The van der Waals surface area contributed by atoms with Crippen molar-refractivity contribution >= 4 is 0 Å². The number of hydrogen-bond acceptors (Lipinski definition) is 2. The van der Waals surface area contributed by atoms with Crippen LogP contribution in [-0.2, 0) is 4.74 Å². The van der Waals surface area contributed by atoms with E-state index in [1.807, 2.05) is 7.11 Å². The van der Waals surface area contributed by atoms with E-state index in [1.165, 1.54) is 38.5 Å². The van der Waals surface area contributed by atoms with E-state index in [4.69, 9.17) is 10.5 Å². The van der Waals surface area contributed by atoms with Crippen LogP contribution in [-0.4, -0.2) is 19.3 Å². The van der Waals surface area contributed by atoms with Crippen LogP contribution in [0.5, 0.6) is 0 Å². The first kappa shape index (κ1) is 8.52. The third kappa shape index (κ3) is 1.09. The number of fused-ring (bicyclic) bond motifs is 3. The van der Waals surface area contributed by atoms with Crippen molar-refractivity contribution in [3.8, 4) is 0 Å². The van der Waals surface area contributed by atoms with Crippen molar-refractivity contribution < 1.29 is 4.74 Å². The highest BCUT2D eigenvalue weighted by molar-refractivity contribution is 5.01. The molecule has 2 N–H and O–H groups in total. The minimum atomic E-state index is 0.247. The van der Waals surface area contributed by atoms with Gasteiger partial charge in [0.25, 0.3) is 0 Å². The van der Waals surface area contributed by atoms with Crippen LogP contribution >= 0.6 is 0 Å². The van der Waals surface area contributed by atoms with Gasteiger partial charge in [-0.1, -0.05) is 0 Å². The molecule has 2 heteroatoms. The van der Waals surface area contributed by atoms with Gasteiger partial charge >= 0.3 is 0 Å². The van der Waals surface area contributed by atoms with Crippen LogP contribution in [0.1, 0.15) is 38.5 Å². The lowest BCUT2D eigenvalue weighted by Crippen LogP contribution is -2.49. The summed E-state index contributed by atoms with van der Waals surface area (Å²) in [7, 11) is 1.86. The maximum atomic E-state index is 5.82. The Balaban J connectivity index is 2.09. The maximum Gasteiger partial charge on any atom is 0.0679 e. The maximum absolute atomic E-state index is 5.82. The van der Waals surface area contributed by atoms with Crippen molar-refractivity contribution in [2.24, 2.45) is 11.1 Å². The van der Waals surface area contributed by atoms with Crippen molar-refractivity contribution in [3.05, 3.63) is 0 Å². The van der Waals surface area contributed by atoms with Crippen LogP contribution in [0.4, 0.5) is 0 Å². The van der Waals surface area contributed by atoms with E-state index < -0.39 is 0 Å². The third-order valence-electron chi connectivity index (χ3n) is 4.20. The highest BCUT2D eigenvalue weighted by atomic mass is 16.5. The van der Waals surface area contributed by atoms with E-state index in [-0.39, 0.29) is 5.60 Å². The van der Waals surface area contributed by atoms with Crippen LogP contribution in [0.3, 0.4) is 0 Å². The monoisotopic (exact) mass is 169 g/mol. The van der Waals surface area contributed by atoms with Crippen molar-refractivity contribution in [1.82, 2.24) is 0 Å². The molecule has 3 aliphatic rings. The molecule has 3 rings (SSSR count). The van der Waals surface area contributed by atoms with E-state index in [0.717, 1.165) is 6.54 Å². The molecule has 2 bridgehead atoms. The molecule has 0 aliphatic heterocycles. The topological polar surface area (TPSA) is 35.2 Å². The first-order valence-electron chi connectivity index (χ1n) is 5.00. The number of rotatable bonds is 2. The second-order valence-electron chi connectivity index (χ2n) is 4.59. The van der Waals surface area contributed by atoms with Crippen LogP contribution in [0.25, 0.3) is 0 Å². The van der Waals surface area contributed by atoms with E-state index in [0.29, 0.717) is 5.41 Å². The molecule has 70 valence electrons. The largest absolute Gasteiger partial charge is 0.378 e. The summed E-state index contributed by atoms with van der Waals surface area (Å²) in [5.41, 5.74) is 6.56. The lowest BCUT2D eigenvalue weighted by molar-refractivity contribution is -0.114. The van der Waals surface area contributed by atoms with Gasteiger partial charge in [0, 0.05) is 7.11 Å². The Morgan fingerprint density at radius 2 is 1.58 bits per heavy atom. The molecule has 3 saturated carbocycles. The Morgan fingerprint density at radius 1 is 1.08 bits per heavy atom. The van der Waals surface area contributed by atoms with Crippen molar-refractivity contribution in [3.63, 3.8) is 0 Å². The summed E-state index contributed by atoms with van der Waals surface area (Å²) in [6.07, 6.45) is 7.58. The summed E-state index contributed by atoms with van der Waals surface area (Å²) in [6, 6.07) is 0. The van der Waals surface area contributed by atoms with Crippen LogP contribution < -0.4 is 5.73 Å². The van der Waals surface area contributed by atoms with E-state index >= 15 is 0 Å². The molecule has 0 aromatic carbocycles. The summed E-state index contributed by atoms with van der Waals surface area (Å²) in [5, 5.41) is 0.